The van der Waals surface area contributed by atoms with Crippen LogP contribution in [0.25, 0.3) is 0 Å². The van der Waals surface area contributed by atoms with Crippen molar-refractivity contribution in [2.24, 2.45) is 0 Å². The fraction of sp³-hybridized carbons (Fsp3) is 0.800. The van der Waals surface area contributed by atoms with Crippen molar-refractivity contribution >= 4 is 0 Å². The zero-order valence-electron chi connectivity index (χ0n) is 10.4. The van der Waals surface area contributed by atoms with Crippen LogP contribution in [0.15, 0.2) is 0 Å². The molecule has 0 aliphatic rings. The highest BCUT2D eigenvalue weighted by molar-refractivity contribution is 5.13. The molecule has 0 saturated heterocycles. The van der Waals surface area contributed by atoms with Crippen molar-refractivity contribution in [3.8, 4) is 0 Å². The number of alkyl halides is 3. The molecule has 18 heavy (non-hydrogen) atoms. The first-order valence-corrected chi connectivity index (χ1v) is 5.63. The van der Waals surface area contributed by atoms with Crippen LogP contribution in [0.1, 0.15) is 24.2 Å². The number of aryl methyl sites for hydroxylation is 1. The molecule has 0 amide bonds. The molecule has 0 unspecified atom stereocenters. The van der Waals surface area contributed by atoms with Gasteiger partial charge in [-0.2, -0.15) is 13.2 Å². The van der Waals surface area contributed by atoms with Crippen molar-refractivity contribution in [1.29, 1.82) is 0 Å². The van der Waals surface area contributed by atoms with Crippen LogP contribution in [0.5, 0.6) is 0 Å². The van der Waals surface area contributed by atoms with Gasteiger partial charge in [0, 0.05) is 26.8 Å². The molecule has 0 aromatic carbocycles. The maximum Gasteiger partial charge on any atom is 0.434 e. The van der Waals surface area contributed by atoms with E-state index in [1.165, 1.54) is 0 Å². The quantitative estimate of drug-likeness (QED) is 0.759. The Morgan fingerprint density at radius 3 is 2.61 bits per heavy atom. The van der Waals surface area contributed by atoms with E-state index in [1.54, 1.807) is 14.2 Å². The average Bonchev–Trinajstić information content (AvgIpc) is 2.68. The second-order valence-electron chi connectivity index (χ2n) is 3.84. The van der Waals surface area contributed by atoms with E-state index in [0.29, 0.717) is 19.4 Å². The van der Waals surface area contributed by atoms with Gasteiger partial charge >= 0.3 is 6.18 Å². The third kappa shape index (κ3) is 3.95. The van der Waals surface area contributed by atoms with E-state index >= 15 is 0 Å². The number of halogens is 3. The summed E-state index contributed by atoms with van der Waals surface area (Å²) in [5.41, 5.74) is -0.842. The van der Waals surface area contributed by atoms with Gasteiger partial charge in [-0.05, 0) is 19.9 Å². The fourth-order valence-electron chi connectivity index (χ4n) is 1.61. The molecular weight excluding hydrogens is 249 g/mol. The van der Waals surface area contributed by atoms with Gasteiger partial charge in [0.05, 0.1) is 0 Å². The minimum absolute atomic E-state index is 0.0485. The van der Waals surface area contributed by atoms with E-state index in [-0.39, 0.29) is 18.8 Å². The Hall–Kier alpha value is -1.15. The van der Waals surface area contributed by atoms with E-state index < -0.39 is 11.9 Å². The highest BCUT2D eigenvalue weighted by atomic mass is 19.4. The van der Waals surface area contributed by atoms with Crippen molar-refractivity contribution in [1.82, 2.24) is 20.3 Å². The minimum atomic E-state index is -4.43. The lowest BCUT2D eigenvalue weighted by Crippen LogP contribution is -2.19. The third-order valence-electron chi connectivity index (χ3n) is 2.39. The molecule has 0 bridgehead atoms. The van der Waals surface area contributed by atoms with Gasteiger partial charge < -0.3 is 10.1 Å². The summed E-state index contributed by atoms with van der Waals surface area (Å²) in [6, 6.07) is 0. The van der Waals surface area contributed by atoms with Gasteiger partial charge in [0.15, 0.2) is 5.69 Å². The Kier molecular flexibility index (Phi) is 5.54. The van der Waals surface area contributed by atoms with Gasteiger partial charge in [-0.3, -0.25) is 0 Å². The standard InChI is InChI=1S/C10H17F3N4O/c1-14-7-8-9(10(11,12)13)17(16-15-8)5-3-4-6-18-2/h14H,3-7H2,1-2H3. The van der Waals surface area contributed by atoms with Crippen molar-refractivity contribution < 1.29 is 17.9 Å². The monoisotopic (exact) mass is 266 g/mol. The van der Waals surface area contributed by atoms with Gasteiger partial charge in [-0.1, -0.05) is 5.21 Å². The second-order valence-corrected chi connectivity index (χ2v) is 3.84. The van der Waals surface area contributed by atoms with Gasteiger partial charge in [0.1, 0.15) is 5.69 Å². The smallest absolute Gasteiger partial charge is 0.385 e. The molecule has 0 atom stereocenters. The summed E-state index contributed by atoms with van der Waals surface area (Å²) in [6.45, 7) is 0.765. The Labute approximate surface area is 103 Å². The van der Waals surface area contributed by atoms with Crippen molar-refractivity contribution in [3.63, 3.8) is 0 Å². The van der Waals surface area contributed by atoms with E-state index in [4.69, 9.17) is 4.74 Å². The highest BCUT2D eigenvalue weighted by Gasteiger charge is 2.38. The number of unbranched alkanes of at least 4 members (excludes halogenated alkanes) is 1. The SMILES string of the molecule is CNCc1nnn(CCCCOC)c1C(F)(F)F. The van der Waals surface area contributed by atoms with Crippen LogP contribution in [0, 0.1) is 0 Å². The lowest BCUT2D eigenvalue weighted by atomic mass is 10.2. The van der Waals surface area contributed by atoms with Gasteiger partial charge in [0.2, 0.25) is 0 Å². The van der Waals surface area contributed by atoms with E-state index in [1.807, 2.05) is 0 Å². The number of hydrogen-bond acceptors (Lipinski definition) is 4. The van der Waals surface area contributed by atoms with Crippen molar-refractivity contribution in [2.45, 2.75) is 32.1 Å². The number of nitrogens with zero attached hydrogens (tertiary/aromatic N) is 3. The predicted molar refractivity (Wildman–Crippen MR) is 58.9 cm³/mol. The van der Waals surface area contributed by atoms with Crippen molar-refractivity contribution in [2.75, 3.05) is 20.8 Å². The first kappa shape index (κ1) is 14.9. The predicted octanol–water partition coefficient (Wildman–Crippen LogP) is 1.44. The summed E-state index contributed by atoms with van der Waals surface area (Å²) < 4.78 is 44.4. The normalized spacial score (nSPS) is 12.1. The summed E-state index contributed by atoms with van der Waals surface area (Å²) in [7, 11) is 3.12. The first-order chi connectivity index (χ1) is 8.50. The number of nitrogens with one attached hydrogen (secondary N) is 1. The summed E-state index contributed by atoms with van der Waals surface area (Å²) in [5, 5.41) is 9.79. The van der Waals surface area contributed by atoms with E-state index in [0.717, 1.165) is 4.68 Å². The van der Waals surface area contributed by atoms with Crippen LogP contribution >= 0.6 is 0 Å². The van der Waals surface area contributed by atoms with E-state index in [9.17, 15) is 13.2 Å². The Morgan fingerprint density at radius 1 is 1.33 bits per heavy atom. The number of hydrogen-bond donors (Lipinski definition) is 1. The highest BCUT2D eigenvalue weighted by Crippen LogP contribution is 2.31. The molecule has 0 radical (unpaired) electrons. The van der Waals surface area contributed by atoms with Gasteiger partial charge in [0.25, 0.3) is 0 Å². The molecule has 1 N–H and O–H groups in total. The second kappa shape index (κ2) is 6.69. The Balaban J connectivity index is 2.77. The fourth-order valence-corrected chi connectivity index (χ4v) is 1.61. The lowest BCUT2D eigenvalue weighted by Gasteiger charge is -2.10. The molecule has 1 aromatic rings. The Morgan fingerprint density at radius 2 is 2.06 bits per heavy atom. The molecule has 1 aromatic heterocycles. The Bertz CT molecular complexity index is 364. The van der Waals surface area contributed by atoms with Crippen molar-refractivity contribution in [3.05, 3.63) is 11.4 Å². The van der Waals surface area contributed by atoms with Crippen LogP contribution in [-0.2, 0) is 24.0 Å². The summed E-state index contributed by atoms with van der Waals surface area (Å²) in [6.07, 6.45) is -3.18. The van der Waals surface area contributed by atoms with E-state index in [2.05, 4.69) is 15.6 Å². The lowest BCUT2D eigenvalue weighted by molar-refractivity contribution is -0.145. The van der Waals surface area contributed by atoms with Crippen LogP contribution in [0.2, 0.25) is 0 Å². The summed E-state index contributed by atoms with van der Waals surface area (Å²) >= 11 is 0. The maximum atomic E-state index is 12.9. The largest absolute Gasteiger partial charge is 0.434 e. The van der Waals surface area contributed by atoms with Crippen LogP contribution in [-0.4, -0.2) is 35.8 Å². The number of rotatable bonds is 7. The average molecular weight is 266 g/mol. The first-order valence-electron chi connectivity index (χ1n) is 5.63. The molecule has 5 nitrogen and oxygen atoms in total. The summed E-state index contributed by atoms with van der Waals surface area (Å²) in [5.74, 6) is 0. The van der Waals surface area contributed by atoms with Gasteiger partial charge in [-0.15, -0.1) is 5.10 Å². The molecule has 1 rings (SSSR count). The zero-order valence-corrected chi connectivity index (χ0v) is 10.4. The molecular formula is C10H17F3N4O. The minimum Gasteiger partial charge on any atom is -0.385 e. The van der Waals surface area contributed by atoms with Crippen LogP contribution < -0.4 is 5.32 Å². The number of methoxy groups -OCH3 is 1. The van der Waals surface area contributed by atoms with Crippen LogP contribution in [0.4, 0.5) is 13.2 Å². The zero-order chi connectivity index (χ0) is 13.6. The molecule has 0 aliphatic heterocycles. The summed E-state index contributed by atoms with van der Waals surface area (Å²) in [4.78, 5) is 0. The number of aromatic nitrogens is 3. The molecule has 0 saturated carbocycles. The number of ether oxygens (including phenoxy) is 1. The molecule has 0 aliphatic carbocycles. The topological polar surface area (TPSA) is 52.0 Å². The molecule has 8 heteroatoms. The molecule has 104 valence electrons. The maximum absolute atomic E-state index is 12.9. The molecule has 0 fully saturated rings. The molecule has 0 spiro atoms. The molecule has 1 heterocycles. The third-order valence-corrected chi connectivity index (χ3v) is 2.39. The van der Waals surface area contributed by atoms with Gasteiger partial charge in [-0.25, -0.2) is 4.68 Å². The van der Waals surface area contributed by atoms with Crippen LogP contribution in [0.3, 0.4) is 0 Å².